The van der Waals surface area contributed by atoms with Crippen LogP contribution >= 0.6 is 0 Å². The Morgan fingerprint density at radius 3 is 2.46 bits per heavy atom. The van der Waals surface area contributed by atoms with E-state index in [0.717, 1.165) is 31.2 Å². The van der Waals surface area contributed by atoms with Gasteiger partial charge in [-0.2, -0.15) is 0 Å². The van der Waals surface area contributed by atoms with Crippen LogP contribution in [0.1, 0.15) is 58.4 Å². The smallest absolute Gasteiger partial charge is 0.407 e. The van der Waals surface area contributed by atoms with Crippen LogP contribution in [0.5, 0.6) is 5.75 Å². The van der Waals surface area contributed by atoms with Crippen molar-refractivity contribution < 1.29 is 23.5 Å². The summed E-state index contributed by atoms with van der Waals surface area (Å²) in [5.74, 6) is -0.357. The number of hydrogen-bond donors (Lipinski definition) is 2. The normalized spacial score (nSPS) is 15.8. The average molecular weight is 394 g/mol. The summed E-state index contributed by atoms with van der Waals surface area (Å²) < 4.78 is 24.0. The van der Waals surface area contributed by atoms with Crippen LogP contribution in [0.15, 0.2) is 18.2 Å². The maximum Gasteiger partial charge on any atom is 0.407 e. The zero-order valence-electron chi connectivity index (χ0n) is 17.2. The first-order chi connectivity index (χ1) is 13.1. The van der Waals surface area contributed by atoms with E-state index in [4.69, 9.17) is 9.47 Å². The number of aryl methyl sites for hydroxylation is 1. The minimum Gasteiger partial charge on any atom is -0.494 e. The highest BCUT2D eigenvalue weighted by Crippen LogP contribution is 2.29. The monoisotopic (exact) mass is 394 g/mol. The first kappa shape index (κ1) is 22.0. The molecule has 0 heterocycles. The molecular weight excluding hydrogens is 363 g/mol. The Labute approximate surface area is 166 Å². The molecule has 0 atom stereocenters. The summed E-state index contributed by atoms with van der Waals surface area (Å²) in [4.78, 5) is 24.4. The van der Waals surface area contributed by atoms with E-state index in [1.807, 2.05) is 20.8 Å². The van der Waals surface area contributed by atoms with Crippen LogP contribution in [-0.4, -0.2) is 36.8 Å². The lowest BCUT2D eigenvalue weighted by Crippen LogP contribution is -2.54. The van der Waals surface area contributed by atoms with Crippen LogP contribution in [0.25, 0.3) is 0 Å². The van der Waals surface area contributed by atoms with E-state index in [1.165, 1.54) is 13.2 Å². The van der Waals surface area contributed by atoms with E-state index in [-0.39, 0.29) is 18.1 Å². The third-order valence-corrected chi connectivity index (χ3v) is 4.79. The van der Waals surface area contributed by atoms with Crippen LogP contribution in [0.2, 0.25) is 0 Å². The van der Waals surface area contributed by atoms with Gasteiger partial charge in [0.05, 0.1) is 12.6 Å². The molecular formula is C21H31FN2O4. The maximum atomic E-state index is 13.8. The summed E-state index contributed by atoms with van der Waals surface area (Å²) in [7, 11) is 1.41. The molecule has 0 spiro atoms. The summed E-state index contributed by atoms with van der Waals surface area (Å²) in [5.41, 5.74) is -0.274. The second-order valence-corrected chi connectivity index (χ2v) is 8.36. The molecule has 1 fully saturated rings. The van der Waals surface area contributed by atoms with Gasteiger partial charge in [0.2, 0.25) is 5.91 Å². The Balaban J connectivity index is 1.88. The Morgan fingerprint density at radius 1 is 1.21 bits per heavy atom. The third-order valence-electron chi connectivity index (χ3n) is 4.79. The van der Waals surface area contributed by atoms with Gasteiger partial charge < -0.3 is 20.1 Å². The first-order valence-electron chi connectivity index (χ1n) is 9.73. The molecule has 28 heavy (non-hydrogen) atoms. The van der Waals surface area contributed by atoms with Crippen molar-refractivity contribution in [3.63, 3.8) is 0 Å². The number of hydrogen-bond acceptors (Lipinski definition) is 4. The van der Waals surface area contributed by atoms with Gasteiger partial charge in [0.1, 0.15) is 5.60 Å². The average Bonchev–Trinajstić information content (AvgIpc) is 3.06. The number of amides is 2. The van der Waals surface area contributed by atoms with Crippen LogP contribution in [0, 0.1) is 5.82 Å². The van der Waals surface area contributed by atoms with Crippen molar-refractivity contribution >= 4 is 12.0 Å². The van der Waals surface area contributed by atoms with Crippen molar-refractivity contribution in [3.05, 3.63) is 29.6 Å². The molecule has 1 aromatic rings. The molecule has 6 nitrogen and oxygen atoms in total. The molecule has 1 aliphatic rings. The van der Waals surface area contributed by atoms with Gasteiger partial charge in [0.15, 0.2) is 11.6 Å². The van der Waals surface area contributed by atoms with Crippen LogP contribution in [-0.2, 0) is 16.0 Å². The van der Waals surface area contributed by atoms with E-state index in [2.05, 4.69) is 10.6 Å². The molecule has 0 bridgehead atoms. The highest BCUT2D eigenvalue weighted by Gasteiger charge is 2.36. The van der Waals surface area contributed by atoms with E-state index in [1.54, 1.807) is 12.1 Å². The van der Waals surface area contributed by atoms with Crippen LogP contribution in [0.3, 0.4) is 0 Å². The predicted octanol–water partition coefficient (Wildman–Crippen LogP) is 3.72. The zero-order valence-corrected chi connectivity index (χ0v) is 17.2. The summed E-state index contributed by atoms with van der Waals surface area (Å²) in [6, 6.07) is 4.71. The lowest BCUT2D eigenvalue weighted by Gasteiger charge is -2.31. The van der Waals surface area contributed by atoms with Gasteiger partial charge in [-0.05, 0) is 57.7 Å². The second kappa shape index (κ2) is 9.26. The minimum atomic E-state index is -0.566. The number of nitrogens with one attached hydrogen (secondary N) is 2. The summed E-state index contributed by atoms with van der Waals surface area (Å²) >= 11 is 0. The number of carbonyl (C=O) groups is 2. The van der Waals surface area contributed by atoms with Gasteiger partial charge in [0, 0.05) is 13.0 Å². The van der Waals surface area contributed by atoms with Crippen molar-refractivity contribution in [1.82, 2.24) is 10.6 Å². The van der Waals surface area contributed by atoms with Crippen molar-refractivity contribution in [2.45, 2.75) is 70.4 Å². The molecule has 2 rings (SSSR count). The van der Waals surface area contributed by atoms with Gasteiger partial charge >= 0.3 is 6.09 Å². The van der Waals surface area contributed by atoms with E-state index < -0.39 is 23.1 Å². The molecule has 0 aromatic heterocycles. The van der Waals surface area contributed by atoms with E-state index >= 15 is 0 Å². The van der Waals surface area contributed by atoms with Crippen LogP contribution in [0.4, 0.5) is 9.18 Å². The summed E-state index contributed by atoms with van der Waals surface area (Å²) in [6.45, 7) is 5.76. The lowest BCUT2D eigenvalue weighted by molar-refractivity contribution is -0.123. The zero-order chi connectivity index (χ0) is 20.8. The molecule has 0 saturated heterocycles. The van der Waals surface area contributed by atoms with Crippen molar-refractivity contribution in [2.24, 2.45) is 0 Å². The molecule has 156 valence electrons. The fourth-order valence-electron chi connectivity index (χ4n) is 3.43. The second-order valence-electron chi connectivity index (χ2n) is 8.36. The molecule has 7 heteroatoms. The molecule has 0 unspecified atom stereocenters. The maximum absolute atomic E-state index is 13.8. The molecule has 0 aliphatic heterocycles. The van der Waals surface area contributed by atoms with Gasteiger partial charge in [-0.1, -0.05) is 18.9 Å². The number of halogens is 1. The largest absolute Gasteiger partial charge is 0.494 e. The number of carbonyl (C=O) groups excluding carboxylic acids is 2. The van der Waals surface area contributed by atoms with Gasteiger partial charge in [-0.15, -0.1) is 0 Å². The predicted molar refractivity (Wildman–Crippen MR) is 105 cm³/mol. The molecule has 2 amide bonds. The molecule has 1 aromatic carbocycles. The Morgan fingerprint density at radius 2 is 1.89 bits per heavy atom. The Bertz CT molecular complexity index is 694. The molecule has 2 N–H and O–H groups in total. The summed E-state index contributed by atoms with van der Waals surface area (Å²) in [6.07, 6.45) is 3.82. The lowest BCUT2D eigenvalue weighted by atomic mass is 9.96. The first-order valence-corrected chi connectivity index (χ1v) is 9.73. The van der Waals surface area contributed by atoms with Crippen molar-refractivity contribution in [3.8, 4) is 5.75 Å². The molecule has 1 saturated carbocycles. The molecule has 1 aliphatic carbocycles. The van der Waals surface area contributed by atoms with E-state index in [0.29, 0.717) is 13.0 Å². The topological polar surface area (TPSA) is 76.7 Å². The number of methoxy groups -OCH3 is 1. The van der Waals surface area contributed by atoms with E-state index in [9.17, 15) is 14.0 Å². The quantitative estimate of drug-likeness (QED) is 0.739. The number of alkyl carbamates (subject to hydrolysis) is 1. The fraction of sp³-hybridized carbons (Fsp3) is 0.619. The minimum absolute atomic E-state index is 0.107. The highest BCUT2D eigenvalue weighted by atomic mass is 19.1. The third kappa shape index (κ3) is 6.69. The number of rotatable bonds is 7. The van der Waals surface area contributed by atoms with Gasteiger partial charge in [-0.3, -0.25) is 4.79 Å². The summed E-state index contributed by atoms with van der Waals surface area (Å²) in [5, 5.41) is 5.87. The standard InChI is InChI=1S/C21H31FN2O4/c1-20(2,3)28-19(26)23-14-21(11-5-6-12-21)24-18(25)10-8-15-7-9-17(27-4)16(22)13-15/h7,9,13H,5-6,8,10-12,14H2,1-4H3,(H,23,26)(H,24,25). The van der Waals surface area contributed by atoms with Gasteiger partial charge in [0.25, 0.3) is 0 Å². The number of benzene rings is 1. The highest BCUT2D eigenvalue weighted by molar-refractivity contribution is 5.77. The SMILES string of the molecule is COc1ccc(CCC(=O)NC2(CNC(=O)OC(C)(C)C)CCCC2)cc1F. The van der Waals surface area contributed by atoms with Crippen molar-refractivity contribution in [1.29, 1.82) is 0 Å². The Kier molecular flexibility index (Phi) is 7.27. The van der Waals surface area contributed by atoms with Crippen LogP contribution < -0.4 is 15.4 Å². The van der Waals surface area contributed by atoms with Crippen molar-refractivity contribution in [2.75, 3.05) is 13.7 Å². The fourth-order valence-corrected chi connectivity index (χ4v) is 3.43. The Hall–Kier alpha value is -2.31. The molecule has 0 radical (unpaired) electrons. The van der Waals surface area contributed by atoms with Gasteiger partial charge in [-0.25, -0.2) is 9.18 Å². The number of ether oxygens (including phenoxy) is 2.